The Morgan fingerprint density at radius 2 is 2.42 bits per heavy atom. The zero-order chi connectivity index (χ0) is 9.03. The minimum Gasteiger partial charge on any atom is -0.328 e. The van der Waals surface area contributed by atoms with Crippen LogP contribution in [-0.2, 0) is 6.42 Å². The zero-order valence-electron chi connectivity index (χ0n) is 7.22. The molecule has 1 aromatic rings. The molecule has 0 bridgehead atoms. The Kier molecular flexibility index (Phi) is 3.23. The van der Waals surface area contributed by atoms with Crippen LogP contribution in [-0.4, -0.2) is 12.2 Å². The summed E-state index contributed by atoms with van der Waals surface area (Å²) >= 11 is 1.59. The van der Waals surface area contributed by atoms with Gasteiger partial charge in [-0.25, -0.2) is 4.39 Å². The second-order valence-electron chi connectivity index (χ2n) is 3.02. The van der Waals surface area contributed by atoms with E-state index in [1.165, 1.54) is 0 Å². The van der Waals surface area contributed by atoms with Crippen molar-refractivity contribution in [2.24, 2.45) is 5.73 Å². The summed E-state index contributed by atoms with van der Waals surface area (Å²) in [7, 11) is 0. The maximum absolute atomic E-state index is 13.7. The highest BCUT2D eigenvalue weighted by molar-refractivity contribution is 7.07. The lowest BCUT2D eigenvalue weighted by molar-refractivity contribution is 0.167. The predicted octanol–water partition coefficient (Wildman–Crippen LogP) is 2.37. The SMILES string of the molecule is CCC(F)(CN)Cc1ccsc1. The minimum absolute atomic E-state index is 0.110. The lowest BCUT2D eigenvalue weighted by atomic mass is 9.95. The van der Waals surface area contributed by atoms with Crippen molar-refractivity contribution in [3.63, 3.8) is 0 Å². The van der Waals surface area contributed by atoms with Crippen molar-refractivity contribution in [2.75, 3.05) is 6.54 Å². The maximum Gasteiger partial charge on any atom is 0.127 e. The number of halogens is 1. The van der Waals surface area contributed by atoms with Crippen molar-refractivity contribution in [1.29, 1.82) is 0 Å². The highest BCUT2D eigenvalue weighted by Crippen LogP contribution is 2.21. The third-order valence-electron chi connectivity index (χ3n) is 2.10. The van der Waals surface area contributed by atoms with E-state index < -0.39 is 5.67 Å². The van der Waals surface area contributed by atoms with E-state index in [9.17, 15) is 4.39 Å². The molecular formula is C9H14FNS. The molecule has 0 amide bonds. The van der Waals surface area contributed by atoms with Crippen LogP contribution in [0.2, 0.25) is 0 Å². The Hall–Kier alpha value is -0.410. The van der Waals surface area contributed by atoms with Gasteiger partial charge in [-0.2, -0.15) is 11.3 Å². The fourth-order valence-corrected chi connectivity index (χ4v) is 1.77. The van der Waals surface area contributed by atoms with Gasteiger partial charge in [-0.15, -0.1) is 0 Å². The lowest BCUT2D eigenvalue weighted by Crippen LogP contribution is -2.34. The van der Waals surface area contributed by atoms with Crippen LogP contribution in [0.15, 0.2) is 16.8 Å². The number of nitrogens with two attached hydrogens (primary N) is 1. The monoisotopic (exact) mass is 187 g/mol. The summed E-state index contributed by atoms with van der Waals surface area (Å²) < 4.78 is 13.7. The first kappa shape index (κ1) is 9.68. The molecule has 0 aromatic carbocycles. The highest BCUT2D eigenvalue weighted by Gasteiger charge is 2.25. The van der Waals surface area contributed by atoms with Crippen molar-refractivity contribution in [2.45, 2.75) is 25.4 Å². The summed E-state index contributed by atoms with van der Waals surface area (Å²) in [5.41, 5.74) is 5.21. The zero-order valence-corrected chi connectivity index (χ0v) is 8.03. The van der Waals surface area contributed by atoms with Gasteiger partial charge in [0.25, 0.3) is 0 Å². The van der Waals surface area contributed by atoms with Crippen molar-refractivity contribution < 1.29 is 4.39 Å². The largest absolute Gasteiger partial charge is 0.328 e. The molecule has 1 heterocycles. The predicted molar refractivity (Wildman–Crippen MR) is 51.2 cm³/mol. The van der Waals surface area contributed by atoms with Gasteiger partial charge < -0.3 is 5.73 Å². The summed E-state index contributed by atoms with van der Waals surface area (Å²) in [6.07, 6.45) is 0.933. The second kappa shape index (κ2) is 4.01. The molecule has 2 N–H and O–H groups in total. The fourth-order valence-electron chi connectivity index (χ4n) is 1.10. The van der Waals surface area contributed by atoms with Crippen LogP contribution in [0.4, 0.5) is 4.39 Å². The molecule has 0 saturated heterocycles. The van der Waals surface area contributed by atoms with E-state index in [2.05, 4.69) is 0 Å². The van der Waals surface area contributed by atoms with Gasteiger partial charge in [0, 0.05) is 13.0 Å². The van der Waals surface area contributed by atoms with Crippen molar-refractivity contribution in [1.82, 2.24) is 0 Å². The van der Waals surface area contributed by atoms with Crippen LogP contribution in [0.25, 0.3) is 0 Å². The number of thiophene rings is 1. The number of alkyl halides is 1. The topological polar surface area (TPSA) is 26.0 Å². The van der Waals surface area contributed by atoms with Gasteiger partial charge in [0.2, 0.25) is 0 Å². The van der Waals surface area contributed by atoms with E-state index in [0.717, 1.165) is 5.56 Å². The third-order valence-corrected chi connectivity index (χ3v) is 2.83. The number of hydrogen-bond donors (Lipinski definition) is 1. The fraction of sp³-hybridized carbons (Fsp3) is 0.556. The Balaban J connectivity index is 2.60. The van der Waals surface area contributed by atoms with E-state index in [0.29, 0.717) is 12.8 Å². The summed E-state index contributed by atoms with van der Waals surface area (Å²) in [6, 6.07) is 1.95. The molecule has 1 atom stereocenters. The Labute approximate surface area is 76.4 Å². The minimum atomic E-state index is -1.21. The first-order valence-corrected chi connectivity index (χ1v) is 5.04. The molecule has 1 unspecified atom stereocenters. The molecule has 1 aromatic heterocycles. The molecule has 0 aliphatic heterocycles. The number of rotatable bonds is 4. The molecule has 0 aliphatic carbocycles. The van der Waals surface area contributed by atoms with Crippen LogP contribution in [0.5, 0.6) is 0 Å². The highest BCUT2D eigenvalue weighted by atomic mass is 32.1. The smallest absolute Gasteiger partial charge is 0.127 e. The first-order chi connectivity index (χ1) is 5.70. The molecule has 0 saturated carbocycles. The van der Waals surface area contributed by atoms with Crippen LogP contribution >= 0.6 is 11.3 Å². The maximum atomic E-state index is 13.7. The summed E-state index contributed by atoms with van der Waals surface area (Å²) in [6.45, 7) is 1.94. The van der Waals surface area contributed by atoms with Crippen LogP contribution in [0.1, 0.15) is 18.9 Å². The van der Waals surface area contributed by atoms with E-state index in [1.54, 1.807) is 11.3 Å². The second-order valence-corrected chi connectivity index (χ2v) is 3.80. The molecule has 1 nitrogen and oxygen atoms in total. The Bertz CT molecular complexity index is 216. The van der Waals surface area contributed by atoms with Gasteiger partial charge in [0.05, 0.1) is 0 Å². The first-order valence-electron chi connectivity index (χ1n) is 4.10. The van der Waals surface area contributed by atoms with Gasteiger partial charge >= 0.3 is 0 Å². The molecular weight excluding hydrogens is 173 g/mol. The van der Waals surface area contributed by atoms with Gasteiger partial charge in [-0.05, 0) is 28.8 Å². The Morgan fingerprint density at radius 1 is 1.67 bits per heavy atom. The molecule has 1 rings (SSSR count). The van der Waals surface area contributed by atoms with Crippen molar-refractivity contribution >= 4 is 11.3 Å². The van der Waals surface area contributed by atoms with E-state index in [-0.39, 0.29) is 6.54 Å². The van der Waals surface area contributed by atoms with Crippen LogP contribution < -0.4 is 5.73 Å². The van der Waals surface area contributed by atoms with E-state index in [4.69, 9.17) is 5.73 Å². The van der Waals surface area contributed by atoms with Crippen molar-refractivity contribution in [3.05, 3.63) is 22.4 Å². The Morgan fingerprint density at radius 3 is 2.83 bits per heavy atom. The van der Waals surface area contributed by atoms with Crippen LogP contribution in [0, 0.1) is 0 Å². The number of hydrogen-bond acceptors (Lipinski definition) is 2. The molecule has 3 heteroatoms. The van der Waals surface area contributed by atoms with Gasteiger partial charge in [-0.1, -0.05) is 6.92 Å². The molecule has 0 spiro atoms. The molecule has 68 valence electrons. The normalized spacial score (nSPS) is 15.9. The van der Waals surface area contributed by atoms with Crippen LogP contribution in [0.3, 0.4) is 0 Å². The molecule has 0 fully saturated rings. The van der Waals surface area contributed by atoms with Gasteiger partial charge in [-0.3, -0.25) is 0 Å². The lowest BCUT2D eigenvalue weighted by Gasteiger charge is -2.20. The average Bonchev–Trinajstić information content (AvgIpc) is 2.57. The van der Waals surface area contributed by atoms with Gasteiger partial charge in [0.15, 0.2) is 0 Å². The summed E-state index contributed by atoms with van der Waals surface area (Å²) in [5.74, 6) is 0. The molecule has 0 radical (unpaired) electrons. The summed E-state index contributed by atoms with van der Waals surface area (Å²) in [4.78, 5) is 0. The summed E-state index contributed by atoms with van der Waals surface area (Å²) in [5, 5.41) is 3.93. The molecule has 12 heavy (non-hydrogen) atoms. The standard InChI is InChI=1S/C9H14FNS/c1-2-9(10,7-11)5-8-3-4-12-6-8/h3-4,6H,2,5,7,11H2,1H3. The quantitative estimate of drug-likeness (QED) is 0.769. The van der Waals surface area contributed by atoms with Gasteiger partial charge in [0.1, 0.15) is 5.67 Å². The average molecular weight is 187 g/mol. The van der Waals surface area contributed by atoms with E-state index in [1.807, 2.05) is 23.8 Å². The van der Waals surface area contributed by atoms with Crippen molar-refractivity contribution in [3.8, 4) is 0 Å². The van der Waals surface area contributed by atoms with E-state index >= 15 is 0 Å². The molecule has 0 aliphatic rings. The third kappa shape index (κ3) is 2.29.